The topological polar surface area (TPSA) is 62.2 Å². The molecule has 0 saturated heterocycles. The lowest BCUT2D eigenvalue weighted by atomic mass is 10.1. The molecule has 2 unspecified atom stereocenters. The molecule has 1 aromatic heterocycles. The molecule has 1 amide bonds. The van der Waals surface area contributed by atoms with Gasteiger partial charge in [0.2, 0.25) is 0 Å². The fourth-order valence-corrected chi connectivity index (χ4v) is 1.60. The van der Waals surface area contributed by atoms with Gasteiger partial charge in [-0.15, -0.1) is 0 Å². The smallest absolute Gasteiger partial charge is 0.251 e. The summed E-state index contributed by atoms with van der Waals surface area (Å²) >= 11 is 5.68. The first kappa shape index (κ1) is 12.9. The number of pyridine rings is 1. The van der Waals surface area contributed by atoms with E-state index in [-0.39, 0.29) is 17.1 Å². The molecule has 0 aliphatic rings. The maximum Gasteiger partial charge on any atom is 0.251 e. The highest BCUT2D eigenvalue weighted by Crippen LogP contribution is 2.07. The molecule has 1 rings (SSSR count). The Morgan fingerprint density at radius 1 is 1.62 bits per heavy atom. The van der Waals surface area contributed by atoms with E-state index >= 15 is 0 Å². The van der Waals surface area contributed by atoms with E-state index in [1.54, 1.807) is 13.0 Å². The molecular formula is C11H15ClN2O2. The van der Waals surface area contributed by atoms with Gasteiger partial charge in [-0.25, -0.2) is 4.98 Å². The Morgan fingerprint density at radius 2 is 2.31 bits per heavy atom. The van der Waals surface area contributed by atoms with Crippen LogP contribution in [0.2, 0.25) is 5.15 Å². The maximum atomic E-state index is 11.7. The van der Waals surface area contributed by atoms with Crippen molar-refractivity contribution in [2.24, 2.45) is 0 Å². The van der Waals surface area contributed by atoms with Gasteiger partial charge in [-0.3, -0.25) is 4.79 Å². The number of aliphatic hydroxyl groups excluding tert-OH is 1. The van der Waals surface area contributed by atoms with E-state index in [0.29, 0.717) is 12.0 Å². The minimum atomic E-state index is -0.434. The molecule has 0 spiro atoms. The molecule has 0 saturated carbocycles. The van der Waals surface area contributed by atoms with Gasteiger partial charge in [-0.05, 0) is 32.4 Å². The van der Waals surface area contributed by atoms with E-state index in [0.717, 1.165) is 0 Å². The van der Waals surface area contributed by atoms with Gasteiger partial charge >= 0.3 is 0 Å². The zero-order valence-electron chi connectivity index (χ0n) is 9.27. The number of nitrogens with zero attached hydrogens (tertiary/aromatic N) is 1. The third-order valence-electron chi connectivity index (χ3n) is 2.06. The molecular weight excluding hydrogens is 228 g/mol. The van der Waals surface area contributed by atoms with E-state index in [4.69, 9.17) is 16.7 Å². The van der Waals surface area contributed by atoms with Crippen molar-refractivity contribution in [3.8, 4) is 0 Å². The van der Waals surface area contributed by atoms with Crippen LogP contribution in [0.4, 0.5) is 0 Å². The molecule has 0 bridgehead atoms. The molecule has 0 fully saturated rings. The number of carbonyl (C=O) groups excluding carboxylic acids is 1. The lowest BCUT2D eigenvalue weighted by Crippen LogP contribution is -2.34. The van der Waals surface area contributed by atoms with Crippen LogP contribution in [0.5, 0.6) is 0 Å². The van der Waals surface area contributed by atoms with Crippen molar-refractivity contribution in [2.75, 3.05) is 0 Å². The molecule has 5 heteroatoms. The SMILES string of the molecule is CC(O)CC(C)NC(=O)c1ccnc(Cl)c1. The van der Waals surface area contributed by atoms with Crippen molar-refractivity contribution in [1.82, 2.24) is 10.3 Å². The lowest BCUT2D eigenvalue weighted by Gasteiger charge is -2.15. The highest BCUT2D eigenvalue weighted by molar-refractivity contribution is 6.29. The van der Waals surface area contributed by atoms with Gasteiger partial charge in [0, 0.05) is 17.8 Å². The third kappa shape index (κ3) is 4.16. The molecule has 0 aliphatic carbocycles. The van der Waals surface area contributed by atoms with Crippen molar-refractivity contribution >= 4 is 17.5 Å². The first-order valence-electron chi connectivity index (χ1n) is 5.09. The molecule has 2 N–H and O–H groups in total. The first-order valence-corrected chi connectivity index (χ1v) is 5.47. The zero-order valence-corrected chi connectivity index (χ0v) is 10.0. The van der Waals surface area contributed by atoms with Gasteiger partial charge in [0.05, 0.1) is 6.10 Å². The van der Waals surface area contributed by atoms with E-state index in [2.05, 4.69) is 10.3 Å². The summed E-state index contributed by atoms with van der Waals surface area (Å²) in [4.78, 5) is 15.5. The number of hydrogen-bond acceptors (Lipinski definition) is 3. The fraction of sp³-hybridized carbons (Fsp3) is 0.455. The van der Waals surface area contributed by atoms with Crippen LogP contribution in [0.15, 0.2) is 18.3 Å². The molecule has 0 aromatic carbocycles. The maximum absolute atomic E-state index is 11.7. The van der Waals surface area contributed by atoms with Crippen molar-refractivity contribution < 1.29 is 9.90 Å². The fourth-order valence-electron chi connectivity index (χ4n) is 1.42. The Hall–Kier alpha value is -1.13. The zero-order chi connectivity index (χ0) is 12.1. The van der Waals surface area contributed by atoms with E-state index in [1.807, 2.05) is 6.92 Å². The highest BCUT2D eigenvalue weighted by atomic mass is 35.5. The van der Waals surface area contributed by atoms with E-state index in [1.165, 1.54) is 12.3 Å². The standard InChI is InChI=1S/C11H15ClN2O2/c1-7(5-8(2)15)14-11(16)9-3-4-13-10(12)6-9/h3-4,6-8,15H,5H2,1-2H3,(H,14,16). The summed E-state index contributed by atoms with van der Waals surface area (Å²) < 4.78 is 0. The lowest BCUT2D eigenvalue weighted by molar-refractivity contribution is 0.0923. The van der Waals surface area contributed by atoms with Crippen molar-refractivity contribution in [3.05, 3.63) is 29.0 Å². The summed E-state index contributed by atoms with van der Waals surface area (Å²) in [7, 11) is 0. The van der Waals surface area contributed by atoms with Gasteiger partial charge in [-0.1, -0.05) is 11.6 Å². The predicted molar refractivity (Wildman–Crippen MR) is 62.5 cm³/mol. The van der Waals surface area contributed by atoms with E-state index in [9.17, 15) is 4.79 Å². The average molecular weight is 243 g/mol. The minimum Gasteiger partial charge on any atom is -0.393 e. The molecule has 1 aromatic rings. The summed E-state index contributed by atoms with van der Waals surface area (Å²) in [6, 6.07) is 3.02. The second-order valence-corrected chi connectivity index (χ2v) is 4.21. The van der Waals surface area contributed by atoms with Crippen molar-refractivity contribution in [2.45, 2.75) is 32.4 Å². The van der Waals surface area contributed by atoms with Crippen LogP contribution in [-0.4, -0.2) is 28.1 Å². The molecule has 88 valence electrons. The molecule has 0 aliphatic heterocycles. The summed E-state index contributed by atoms with van der Waals surface area (Å²) in [5.74, 6) is -0.211. The van der Waals surface area contributed by atoms with Crippen LogP contribution < -0.4 is 5.32 Å². The van der Waals surface area contributed by atoms with Gasteiger partial charge in [0.1, 0.15) is 5.15 Å². The second-order valence-electron chi connectivity index (χ2n) is 3.83. The van der Waals surface area contributed by atoms with Crippen LogP contribution in [0.25, 0.3) is 0 Å². The Bertz CT molecular complexity index is 369. The number of nitrogens with one attached hydrogen (secondary N) is 1. The molecule has 0 radical (unpaired) electrons. The number of hydrogen-bond donors (Lipinski definition) is 2. The summed E-state index contributed by atoms with van der Waals surface area (Å²) in [6.45, 7) is 3.53. The summed E-state index contributed by atoms with van der Waals surface area (Å²) in [5.41, 5.74) is 0.470. The van der Waals surface area contributed by atoms with Gasteiger partial charge in [0.15, 0.2) is 0 Å². The summed E-state index contributed by atoms with van der Waals surface area (Å²) in [5, 5.41) is 12.2. The Balaban J connectivity index is 2.59. The Labute approximate surface area is 99.6 Å². The Morgan fingerprint density at radius 3 is 2.88 bits per heavy atom. The minimum absolute atomic E-state index is 0.0839. The van der Waals surface area contributed by atoms with Gasteiger partial charge in [0.25, 0.3) is 5.91 Å². The number of aliphatic hydroxyl groups is 1. The number of amides is 1. The van der Waals surface area contributed by atoms with E-state index < -0.39 is 6.10 Å². The number of aromatic nitrogens is 1. The normalized spacial score (nSPS) is 14.2. The van der Waals surface area contributed by atoms with Crippen LogP contribution in [0.3, 0.4) is 0 Å². The molecule has 1 heterocycles. The van der Waals surface area contributed by atoms with Crippen LogP contribution >= 0.6 is 11.6 Å². The van der Waals surface area contributed by atoms with Crippen molar-refractivity contribution in [3.63, 3.8) is 0 Å². The highest BCUT2D eigenvalue weighted by Gasteiger charge is 2.11. The number of halogens is 1. The first-order chi connectivity index (χ1) is 7.49. The largest absolute Gasteiger partial charge is 0.393 e. The number of carbonyl (C=O) groups is 1. The van der Waals surface area contributed by atoms with Crippen LogP contribution in [0.1, 0.15) is 30.6 Å². The molecule has 16 heavy (non-hydrogen) atoms. The van der Waals surface area contributed by atoms with Gasteiger partial charge in [-0.2, -0.15) is 0 Å². The third-order valence-corrected chi connectivity index (χ3v) is 2.27. The Kier molecular flexibility index (Phi) is 4.71. The quantitative estimate of drug-likeness (QED) is 0.789. The van der Waals surface area contributed by atoms with Gasteiger partial charge < -0.3 is 10.4 Å². The average Bonchev–Trinajstić information content (AvgIpc) is 2.16. The van der Waals surface area contributed by atoms with Crippen LogP contribution in [-0.2, 0) is 0 Å². The number of rotatable bonds is 4. The second kappa shape index (κ2) is 5.82. The predicted octanol–water partition coefficient (Wildman–Crippen LogP) is 1.62. The van der Waals surface area contributed by atoms with Crippen LogP contribution in [0, 0.1) is 0 Å². The summed E-state index contributed by atoms with van der Waals surface area (Å²) in [6.07, 6.45) is 1.57. The van der Waals surface area contributed by atoms with Crippen molar-refractivity contribution in [1.29, 1.82) is 0 Å². The molecule has 4 nitrogen and oxygen atoms in total. The molecule has 2 atom stereocenters. The monoisotopic (exact) mass is 242 g/mol.